The summed E-state index contributed by atoms with van der Waals surface area (Å²) in [5, 5.41) is 12.1. The highest BCUT2D eigenvalue weighted by atomic mass is 19.1. The van der Waals surface area contributed by atoms with Gasteiger partial charge in [-0.25, -0.2) is 23.9 Å². The van der Waals surface area contributed by atoms with Crippen LogP contribution >= 0.6 is 0 Å². The van der Waals surface area contributed by atoms with Crippen molar-refractivity contribution in [2.75, 3.05) is 50.1 Å². The highest BCUT2D eigenvalue weighted by Gasteiger charge is 2.26. The van der Waals surface area contributed by atoms with E-state index in [9.17, 15) is 14.0 Å². The molecule has 0 atom stereocenters. The number of hydrogen-bond acceptors (Lipinski definition) is 8. The molecule has 2 aromatic rings. The van der Waals surface area contributed by atoms with E-state index in [1.54, 1.807) is 11.0 Å². The lowest BCUT2D eigenvalue weighted by Gasteiger charge is -2.37. The molecular formula is C22H29FN6O4. The Kier molecular flexibility index (Phi) is 7.32. The minimum atomic E-state index is -1.34. The van der Waals surface area contributed by atoms with Crippen molar-refractivity contribution in [2.24, 2.45) is 0 Å². The van der Waals surface area contributed by atoms with Crippen LogP contribution in [0.4, 0.5) is 26.5 Å². The molecule has 0 saturated carbocycles. The highest BCUT2D eigenvalue weighted by molar-refractivity contribution is 5.89. The van der Waals surface area contributed by atoms with Crippen LogP contribution in [0, 0.1) is 5.82 Å². The summed E-state index contributed by atoms with van der Waals surface area (Å²) in [6.07, 6.45) is 1.10. The predicted octanol–water partition coefficient (Wildman–Crippen LogP) is 3.00. The van der Waals surface area contributed by atoms with Gasteiger partial charge in [-0.15, -0.1) is 0 Å². The van der Waals surface area contributed by atoms with Crippen molar-refractivity contribution in [1.82, 2.24) is 19.8 Å². The van der Waals surface area contributed by atoms with Crippen molar-refractivity contribution in [2.45, 2.75) is 26.4 Å². The summed E-state index contributed by atoms with van der Waals surface area (Å²) in [4.78, 5) is 37.7. The molecule has 10 nitrogen and oxygen atoms in total. The van der Waals surface area contributed by atoms with Gasteiger partial charge >= 0.3 is 12.1 Å². The molecule has 0 spiro atoms. The number of nitrogens with one attached hydrogen (secondary N) is 1. The Labute approximate surface area is 192 Å². The van der Waals surface area contributed by atoms with Crippen molar-refractivity contribution in [3.8, 4) is 0 Å². The van der Waals surface area contributed by atoms with Crippen LogP contribution in [-0.2, 0) is 4.74 Å². The second-order valence-corrected chi connectivity index (χ2v) is 8.81. The van der Waals surface area contributed by atoms with E-state index in [4.69, 9.17) is 9.84 Å². The number of amides is 1. The fourth-order valence-electron chi connectivity index (χ4n) is 3.31. The zero-order valence-corrected chi connectivity index (χ0v) is 19.2. The van der Waals surface area contributed by atoms with E-state index in [0.29, 0.717) is 50.2 Å². The Hall–Kier alpha value is -3.47. The molecule has 3 rings (SSSR count). The van der Waals surface area contributed by atoms with Gasteiger partial charge in [0.1, 0.15) is 29.4 Å². The number of aromatic carboxylic acids is 1. The van der Waals surface area contributed by atoms with Gasteiger partial charge < -0.3 is 25.0 Å². The average molecular weight is 461 g/mol. The van der Waals surface area contributed by atoms with Crippen LogP contribution in [0.1, 0.15) is 31.1 Å². The number of hydrogen-bond donors (Lipinski definition) is 2. The molecule has 1 amide bonds. The van der Waals surface area contributed by atoms with Crippen LogP contribution in [0.2, 0.25) is 0 Å². The first-order chi connectivity index (χ1) is 15.5. The van der Waals surface area contributed by atoms with E-state index < -0.39 is 23.0 Å². The number of ether oxygens (including phenoxy) is 1. The maximum atomic E-state index is 13.6. The Morgan fingerprint density at radius 3 is 2.52 bits per heavy atom. The number of rotatable bonds is 6. The third-order valence-electron chi connectivity index (χ3n) is 4.95. The molecule has 1 saturated heterocycles. The number of carboxylic acid groups (broad SMARTS) is 1. The van der Waals surface area contributed by atoms with Crippen molar-refractivity contribution in [1.29, 1.82) is 0 Å². The molecule has 1 aliphatic heterocycles. The molecule has 0 bridgehead atoms. The summed E-state index contributed by atoms with van der Waals surface area (Å²) in [5.41, 5.74) is -0.535. The first-order valence-electron chi connectivity index (χ1n) is 10.5. The van der Waals surface area contributed by atoms with Crippen LogP contribution < -0.4 is 10.2 Å². The summed E-state index contributed by atoms with van der Waals surface area (Å²) < 4.78 is 19.1. The lowest BCUT2D eigenvalue weighted by atomic mass is 10.2. The summed E-state index contributed by atoms with van der Waals surface area (Å²) in [6.45, 7) is 8.71. The van der Waals surface area contributed by atoms with E-state index in [0.717, 1.165) is 6.07 Å². The van der Waals surface area contributed by atoms with Gasteiger partial charge in [-0.3, -0.25) is 4.90 Å². The van der Waals surface area contributed by atoms with Gasteiger partial charge in [0.25, 0.3) is 0 Å². The highest BCUT2D eigenvalue weighted by Crippen LogP contribution is 2.21. The minimum absolute atomic E-state index is 0.297. The van der Waals surface area contributed by atoms with Gasteiger partial charge in [0.15, 0.2) is 0 Å². The van der Waals surface area contributed by atoms with E-state index in [2.05, 4.69) is 20.2 Å². The standard InChI is InChI=1S/C22H29FN6O4/c1-22(2,3)33-21(32)29-9-7-28(8-10-29)14-27(4)19-12-18(24-13-25-19)26-15-5-6-17(23)16(11-15)20(30)31/h5-6,11-13H,7-10,14H2,1-4H3,(H,30,31)(H,24,25,26). The smallest absolute Gasteiger partial charge is 0.410 e. The number of aromatic nitrogens is 2. The Morgan fingerprint density at radius 2 is 1.88 bits per heavy atom. The number of halogens is 1. The molecule has 2 heterocycles. The zero-order chi connectivity index (χ0) is 24.2. The molecule has 33 heavy (non-hydrogen) atoms. The summed E-state index contributed by atoms with van der Waals surface area (Å²) in [6, 6.07) is 5.47. The molecular weight excluding hydrogens is 431 g/mol. The normalized spacial score (nSPS) is 14.6. The number of carbonyl (C=O) groups is 2. The molecule has 1 aliphatic rings. The van der Waals surface area contributed by atoms with E-state index >= 15 is 0 Å². The van der Waals surface area contributed by atoms with Crippen LogP contribution in [0.3, 0.4) is 0 Å². The maximum absolute atomic E-state index is 13.6. The minimum Gasteiger partial charge on any atom is -0.478 e. The molecule has 0 unspecified atom stereocenters. The van der Waals surface area contributed by atoms with Gasteiger partial charge in [0.05, 0.1) is 12.2 Å². The molecule has 1 aromatic carbocycles. The number of nitrogens with zero attached hydrogens (tertiary/aromatic N) is 5. The quantitative estimate of drug-likeness (QED) is 0.672. The van der Waals surface area contributed by atoms with E-state index in [1.807, 2.05) is 32.7 Å². The van der Waals surface area contributed by atoms with Gasteiger partial charge in [-0.1, -0.05) is 0 Å². The first-order valence-corrected chi connectivity index (χ1v) is 10.5. The third-order valence-corrected chi connectivity index (χ3v) is 4.95. The summed E-state index contributed by atoms with van der Waals surface area (Å²) in [7, 11) is 1.90. The zero-order valence-electron chi connectivity index (χ0n) is 19.2. The SMILES string of the molecule is CN(CN1CCN(C(=O)OC(C)(C)C)CC1)c1cc(Nc2ccc(F)c(C(=O)O)c2)ncn1. The van der Waals surface area contributed by atoms with Crippen LogP contribution in [0.15, 0.2) is 30.6 Å². The molecule has 1 fully saturated rings. The van der Waals surface area contributed by atoms with E-state index in [1.165, 1.54) is 18.5 Å². The second-order valence-electron chi connectivity index (χ2n) is 8.81. The molecule has 178 valence electrons. The summed E-state index contributed by atoms with van der Waals surface area (Å²) in [5.74, 6) is -1.04. The monoisotopic (exact) mass is 460 g/mol. The van der Waals surface area contributed by atoms with Crippen LogP contribution in [0.5, 0.6) is 0 Å². The molecule has 11 heteroatoms. The molecule has 2 N–H and O–H groups in total. The average Bonchev–Trinajstić information content (AvgIpc) is 2.74. The number of carbonyl (C=O) groups excluding carboxylic acids is 1. The van der Waals surface area contributed by atoms with Gasteiger partial charge in [0.2, 0.25) is 0 Å². The summed E-state index contributed by atoms with van der Waals surface area (Å²) >= 11 is 0. The Bertz CT molecular complexity index is 1000. The number of carboxylic acids is 1. The lowest BCUT2D eigenvalue weighted by molar-refractivity contribution is 0.0146. The molecule has 0 aliphatic carbocycles. The first kappa shape index (κ1) is 24.2. The molecule has 0 radical (unpaired) electrons. The number of anilines is 3. The maximum Gasteiger partial charge on any atom is 0.410 e. The van der Waals surface area contributed by atoms with Crippen molar-refractivity contribution < 1.29 is 23.8 Å². The third kappa shape index (κ3) is 6.75. The van der Waals surface area contributed by atoms with Gasteiger partial charge in [-0.2, -0.15) is 0 Å². The van der Waals surface area contributed by atoms with Crippen molar-refractivity contribution in [3.05, 3.63) is 42.0 Å². The second kappa shape index (κ2) is 9.99. The van der Waals surface area contributed by atoms with Gasteiger partial charge in [-0.05, 0) is 39.0 Å². The number of piperazine rings is 1. The Balaban J connectivity index is 1.57. The lowest BCUT2D eigenvalue weighted by Crippen LogP contribution is -2.52. The number of benzene rings is 1. The Morgan fingerprint density at radius 1 is 1.18 bits per heavy atom. The van der Waals surface area contributed by atoms with Crippen molar-refractivity contribution >= 4 is 29.4 Å². The fraction of sp³-hybridized carbons (Fsp3) is 0.455. The largest absolute Gasteiger partial charge is 0.478 e. The molecule has 1 aromatic heterocycles. The van der Waals surface area contributed by atoms with Crippen LogP contribution in [-0.4, -0.2) is 82.4 Å². The topological polar surface area (TPSA) is 111 Å². The fourth-order valence-corrected chi connectivity index (χ4v) is 3.31. The van der Waals surface area contributed by atoms with Crippen LogP contribution in [0.25, 0.3) is 0 Å². The van der Waals surface area contributed by atoms with E-state index in [-0.39, 0.29) is 6.09 Å². The van der Waals surface area contributed by atoms with Crippen molar-refractivity contribution in [3.63, 3.8) is 0 Å². The van der Waals surface area contributed by atoms with Gasteiger partial charge in [0, 0.05) is 45.0 Å². The predicted molar refractivity (Wildman–Crippen MR) is 121 cm³/mol.